The maximum atomic E-state index is 4.01. The first-order valence-electron chi connectivity index (χ1n) is 18.9. The lowest BCUT2D eigenvalue weighted by atomic mass is 9.74. The Bertz CT molecular complexity index is 2370. The van der Waals surface area contributed by atoms with E-state index in [1.165, 1.54) is 68.3 Å². The predicted molar refractivity (Wildman–Crippen MR) is 226 cm³/mol. The maximum Gasteiger partial charge on any atom is 0.0538 e. The van der Waals surface area contributed by atoms with Gasteiger partial charge in [-0.3, -0.25) is 0 Å². The summed E-state index contributed by atoms with van der Waals surface area (Å²) in [5, 5.41) is 2.69. The Morgan fingerprint density at radius 2 is 1.56 bits per heavy atom. The molecular formula is C50H48N2. The maximum absolute atomic E-state index is 4.01. The Morgan fingerprint density at radius 1 is 0.788 bits per heavy atom. The van der Waals surface area contributed by atoms with E-state index in [1.54, 1.807) is 0 Å². The van der Waals surface area contributed by atoms with Crippen LogP contribution >= 0.6 is 0 Å². The van der Waals surface area contributed by atoms with E-state index in [4.69, 9.17) is 0 Å². The second-order valence-corrected chi connectivity index (χ2v) is 14.7. The first-order valence-corrected chi connectivity index (χ1v) is 18.9. The third kappa shape index (κ3) is 6.17. The van der Waals surface area contributed by atoms with Crippen molar-refractivity contribution in [1.82, 2.24) is 4.57 Å². The standard InChI is InChI=1S/C50H48N2/c1-5-16-37(6-2)39-23-27-44(28-24-39)51(42-19-12-8-13-20-42)47-31-32-50(4,35-36(47)3)41-26-30-49-46(34-41)45-33-40(38-17-10-7-11-18-38)25-29-48(45)52(49)43-21-14-9-15-22-43/h5-6,8,10,12-13,16-21,23-31,33-35H,1-2,7,9,11,14-15,22,32H2,3-4H3/b37-16+. The molecule has 3 aliphatic carbocycles. The Morgan fingerprint density at radius 3 is 2.25 bits per heavy atom. The van der Waals surface area contributed by atoms with Crippen LogP contribution in [-0.4, -0.2) is 4.57 Å². The molecule has 0 bridgehead atoms. The van der Waals surface area contributed by atoms with Crippen LogP contribution in [0.25, 0.3) is 38.6 Å². The molecule has 8 rings (SSSR count). The Labute approximate surface area is 309 Å². The summed E-state index contributed by atoms with van der Waals surface area (Å²) in [5.41, 5.74) is 14.9. The third-order valence-corrected chi connectivity index (χ3v) is 11.2. The second kappa shape index (κ2) is 14.2. The third-order valence-electron chi connectivity index (χ3n) is 11.2. The average molecular weight is 677 g/mol. The highest BCUT2D eigenvalue weighted by Gasteiger charge is 2.31. The van der Waals surface area contributed by atoms with Gasteiger partial charge in [0.25, 0.3) is 0 Å². The molecule has 2 heteroatoms. The zero-order valence-electron chi connectivity index (χ0n) is 30.6. The van der Waals surface area contributed by atoms with Crippen molar-refractivity contribution in [3.05, 3.63) is 187 Å². The lowest BCUT2D eigenvalue weighted by molar-refractivity contribution is 0.590. The van der Waals surface area contributed by atoms with Gasteiger partial charge in [0.15, 0.2) is 0 Å². The number of rotatable bonds is 9. The highest BCUT2D eigenvalue weighted by Crippen LogP contribution is 2.44. The van der Waals surface area contributed by atoms with Gasteiger partial charge in [-0.25, -0.2) is 0 Å². The second-order valence-electron chi connectivity index (χ2n) is 14.7. The molecule has 1 atom stereocenters. The van der Waals surface area contributed by atoms with Crippen molar-refractivity contribution >= 4 is 50.0 Å². The monoisotopic (exact) mass is 676 g/mol. The van der Waals surface area contributed by atoms with Crippen LogP contribution in [0.15, 0.2) is 170 Å². The van der Waals surface area contributed by atoms with Gasteiger partial charge in [0.2, 0.25) is 0 Å². The lowest BCUT2D eigenvalue weighted by Gasteiger charge is -2.36. The van der Waals surface area contributed by atoms with Gasteiger partial charge < -0.3 is 9.47 Å². The number of fused-ring (bicyclic) bond motifs is 3. The van der Waals surface area contributed by atoms with Crippen LogP contribution in [0.4, 0.5) is 11.4 Å². The van der Waals surface area contributed by atoms with Gasteiger partial charge in [0, 0.05) is 39.0 Å². The molecule has 0 radical (unpaired) electrons. The molecule has 0 N–H and O–H groups in total. The van der Waals surface area contributed by atoms with Crippen LogP contribution in [0.3, 0.4) is 0 Å². The van der Waals surface area contributed by atoms with Crippen LogP contribution < -0.4 is 4.90 Å². The van der Waals surface area contributed by atoms with Gasteiger partial charge in [-0.15, -0.1) is 0 Å². The fourth-order valence-electron chi connectivity index (χ4n) is 8.48. The number of hydrogen-bond donors (Lipinski definition) is 0. The molecule has 5 aromatic rings. The van der Waals surface area contributed by atoms with Gasteiger partial charge >= 0.3 is 0 Å². The van der Waals surface area contributed by atoms with Crippen LogP contribution in [0.1, 0.15) is 75.5 Å². The smallest absolute Gasteiger partial charge is 0.0538 e. The minimum Gasteiger partial charge on any atom is -0.313 e. The molecule has 0 spiro atoms. The van der Waals surface area contributed by atoms with E-state index in [9.17, 15) is 0 Å². The van der Waals surface area contributed by atoms with Gasteiger partial charge in [0.05, 0.1) is 11.0 Å². The zero-order chi connectivity index (χ0) is 35.7. The fourth-order valence-corrected chi connectivity index (χ4v) is 8.48. The normalized spacial score (nSPS) is 19.2. The molecule has 3 aliphatic rings. The average Bonchev–Trinajstić information content (AvgIpc) is 3.52. The van der Waals surface area contributed by atoms with E-state index in [0.29, 0.717) is 0 Å². The summed E-state index contributed by atoms with van der Waals surface area (Å²) < 4.78 is 2.55. The lowest BCUT2D eigenvalue weighted by Crippen LogP contribution is -2.26. The predicted octanol–water partition coefficient (Wildman–Crippen LogP) is 14.0. The number of aromatic nitrogens is 1. The van der Waals surface area contributed by atoms with Crippen LogP contribution in [0, 0.1) is 0 Å². The van der Waals surface area contributed by atoms with Crippen molar-refractivity contribution < 1.29 is 0 Å². The summed E-state index contributed by atoms with van der Waals surface area (Å²) in [4.78, 5) is 2.39. The number of nitrogens with zero attached hydrogens (tertiary/aromatic N) is 2. The summed E-state index contributed by atoms with van der Waals surface area (Å²) in [7, 11) is 0. The topological polar surface area (TPSA) is 8.17 Å². The zero-order valence-corrected chi connectivity index (χ0v) is 30.6. The van der Waals surface area contributed by atoms with Crippen molar-refractivity contribution in [2.45, 2.75) is 64.2 Å². The number of benzene rings is 4. The first-order chi connectivity index (χ1) is 25.5. The minimum atomic E-state index is -0.146. The number of anilines is 2. The SMILES string of the molecule is C=C/C=C(\C=C)c1ccc(N(C2=CCC(C)(c3ccc4c(c3)c3cc(C5=CCCC=C5)ccc3n4C3=CCCCC3)C=C2C)c2ccccc2)cc1. The van der Waals surface area contributed by atoms with E-state index in [1.807, 2.05) is 18.2 Å². The number of hydrogen-bond acceptors (Lipinski definition) is 1. The molecule has 0 aliphatic heterocycles. The summed E-state index contributed by atoms with van der Waals surface area (Å²) in [6, 6.07) is 33.9. The van der Waals surface area contributed by atoms with E-state index >= 15 is 0 Å². The largest absolute Gasteiger partial charge is 0.313 e. The fraction of sp³-hybridized carbons (Fsp3) is 0.200. The van der Waals surface area contributed by atoms with Gasteiger partial charge in [0.1, 0.15) is 0 Å². The van der Waals surface area contributed by atoms with Crippen molar-refractivity contribution in [2.24, 2.45) is 0 Å². The quantitative estimate of drug-likeness (QED) is 0.141. The van der Waals surface area contributed by atoms with Crippen LogP contribution in [0.2, 0.25) is 0 Å². The number of allylic oxidation sites excluding steroid dienone is 13. The molecule has 0 saturated carbocycles. The molecule has 1 heterocycles. The molecule has 258 valence electrons. The van der Waals surface area contributed by atoms with Gasteiger partial charge in [-0.05, 0) is 134 Å². The summed E-state index contributed by atoms with van der Waals surface area (Å²) >= 11 is 0. The Hall–Kier alpha value is -5.60. The van der Waals surface area contributed by atoms with Gasteiger partial charge in [-0.1, -0.05) is 117 Å². The molecular weight excluding hydrogens is 629 g/mol. The summed E-state index contributed by atoms with van der Waals surface area (Å²) in [5.74, 6) is 0. The molecule has 2 nitrogen and oxygen atoms in total. The Kier molecular flexibility index (Phi) is 9.16. The van der Waals surface area contributed by atoms with E-state index in [-0.39, 0.29) is 5.41 Å². The van der Waals surface area contributed by atoms with E-state index in [2.05, 4.69) is 164 Å². The minimum absolute atomic E-state index is 0.146. The van der Waals surface area contributed by atoms with Crippen molar-refractivity contribution in [3.63, 3.8) is 0 Å². The van der Waals surface area contributed by atoms with Crippen LogP contribution in [-0.2, 0) is 5.41 Å². The van der Waals surface area contributed by atoms with Gasteiger partial charge in [-0.2, -0.15) is 0 Å². The molecule has 1 unspecified atom stereocenters. The van der Waals surface area contributed by atoms with Crippen LogP contribution in [0.5, 0.6) is 0 Å². The molecule has 0 fully saturated rings. The first kappa shape index (κ1) is 33.5. The highest BCUT2D eigenvalue weighted by molar-refractivity contribution is 6.11. The van der Waals surface area contributed by atoms with Crippen molar-refractivity contribution in [1.29, 1.82) is 0 Å². The number of para-hydroxylation sites is 1. The Balaban J connectivity index is 1.20. The summed E-state index contributed by atoms with van der Waals surface area (Å²) in [6.45, 7) is 12.6. The molecule has 0 saturated heterocycles. The molecule has 4 aromatic carbocycles. The van der Waals surface area contributed by atoms with E-state index in [0.717, 1.165) is 54.6 Å². The van der Waals surface area contributed by atoms with Crippen molar-refractivity contribution in [3.8, 4) is 0 Å². The van der Waals surface area contributed by atoms with E-state index < -0.39 is 0 Å². The molecule has 0 amide bonds. The molecule has 52 heavy (non-hydrogen) atoms. The van der Waals surface area contributed by atoms with Crippen molar-refractivity contribution in [2.75, 3.05) is 4.90 Å². The summed E-state index contributed by atoms with van der Waals surface area (Å²) in [6.07, 6.45) is 28.1. The molecule has 1 aromatic heterocycles. The highest BCUT2D eigenvalue weighted by atomic mass is 15.1.